The predicted molar refractivity (Wildman–Crippen MR) is 133 cm³/mol. The average Bonchev–Trinajstić information content (AvgIpc) is 3.25. The quantitative estimate of drug-likeness (QED) is 0.264. The molecule has 0 spiro atoms. The van der Waals surface area contributed by atoms with Gasteiger partial charge in [0.1, 0.15) is 12.4 Å². The summed E-state index contributed by atoms with van der Waals surface area (Å²) in [6.07, 6.45) is 1.88. The number of ether oxygens (including phenoxy) is 1. The minimum atomic E-state index is -0.0627. The highest BCUT2D eigenvalue weighted by molar-refractivity contribution is 14.1. The van der Waals surface area contributed by atoms with Gasteiger partial charge in [0.15, 0.2) is 4.96 Å². The van der Waals surface area contributed by atoms with Gasteiger partial charge in [-0.3, -0.25) is 4.79 Å². The van der Waals surface area contributed by atoms with Crippen molar-refractivity contribution < 1.29 is 4.74 Å². The van der Waals surface area contributed by atoms with E-state index in [1.165, 1.54) is 14.9 Å². The van der Waals surface area contributed by atoms with Crippen molar-refractivity contribution in [2.45, 2.75) is 6.61 Å². The number of benzene rings is 3. The molecule has 4 nitrogen and oxygen atoms in total. The van der Waals surface area contributed by atoms with Crippen molar-refractivity contribution in [3.8, 4) is 5.75 Å². The highest BCUT2D eigenvalue weighted by Crippen LogP contribution is 2.25. The predicted octanol–water partition coefficient (Wildman–Crippen LogP) is 5.40. The standard InChI is InChI=1S/C23H14BrIN2O2S/c24-16-7-10-20(29-13-14-5-8-17(25)9-6-14)15(11-16)12-21-22(28)27-19-4-2-1-3-18(19)26-23(27)30-21/h1-12H,13H2/b21-12-. The Bertz CT molecular complexity index is 1490. The van der Waals surface area contributed by atoms with Crippen LogP contribution < -0.4 is 14.8 Å². The van der Waals surface area contributed by atoms with Crippen LogP contribution >= 0.6 is 49.9 Å². The summed E-state index contributed by atoms with van der Waals surface area (Å²) in [6, 6.07) is 21.7. The van der Waals surface area contributed by atoms with Crippen molar-refractivity contribution in [2.75, 3.05) is 0 Å². The van der Waals surface area contributed by atoms with E-state index in [9.17, 15) is 4.79 Å². The lowest BCUT2D eigenvalue weighted by Crippen LogP contribution is -2.22. The Morgan fingerprint density at radius 3 is 2.73 bits per heavy atom. The number of hydrogen-bond acceptors (Lipinski definition) is 4. The van der Waals surface area contributed by atoms with Crippen molar-refractivity contribution in [1.82, 2.24) is 9.38 Å². The largest absolute Gasteiger partial charge is 0.488 e. The summed E-state index contributed by atoms with van der Waals surface area (Å²) in [4.78, 5) is 18.3. The fourth-order valence-electron chi connectivity index (χ4n) is 3.26. The molecular formula is C23H14BrIN2O2S. The number of rotatable bonds is 4. The first-order valence-corrected chi connectivity index (χ1v) is 11.9. The topological polar surface area (TPSA) is 43.6 Å². The first-order valence-electron chi connectivity index (χ1n) is 9.17. The van der Waals surface area contributed by atoms with Gasteiger partial charge in [-0.1, -0.05) is 51.5 Å². The second-order valence-corrected chi connectivity index (χ2v) is 9.90. The van der Waals surface area contributed by atoms with Crippen LogP contribution in [0.4, 0.5) is 0 Å². The molecule has 3 aromatic carbocycles. The summed E-state index contributed by atoms with van der Waals surface area (Å²) < 4.78 is 10.5. The van der Waals surface area contributed by atoms with Crippen LogP contribution in [0.1, 0.15) is 11.1 Å². The normalized spacial score (nSPS) is 12.1. The lowest BCUT2D eigenvalue weighted by Gasteiger charge is -2.10. The molecule has 0 N–H and O–H groups in total. The maximum atomic E-state index is 13.1. The van der Waals surface area contributed by atoms with Crippen LogP contribution in [0.3, 0.4) is 0 Å². The number of imidazole rings is 1. The maximum Gasteiger partial charge on any atom is 0.274 e. The Hall–Kier alpha value is -2.23. The van der Waals surface area contributed by atoms with Crippen molar-refractivity contribution >= 4 is 71.9 Å². The molecule has 148 valence electrons. The molecular weight excluding hydrogens is 575 g/mol. The molecule has 7 heteroatoms. The number of hydrogen-bond donors (Lipinski definition) is 0. The third-order valence-corrected chi connectivity index (χ3v) is 6.89. The van der Waals surface area contributed by atoms with Gasteiger partial charge in [0.05, 0.1) is 15.6 Å². The van der Waals surface area contributed by atoms with Gasteiger partial charge in [-0.2, -0.15) is 0 Å². The van der Waals surface area contributed by atoms with Gasteiger partial charge in [-0.15, -0.1) is 0 Å². The summed E-state index contributed by atoms with van der Waals surface area (Å²) >= 11 is 7.19. The number of halogens is 2. The van der Waals surface area contributed by atoms with Gasteiger partial charge in [0.25, 0.3) is 5.56 Å². The third kappa shape index (κ3) is 3.77. The van der Waals surface area contributed by atoms with Crippen molar-refractivity contribution in [1.29, 1.82) is 0 Å². The molecule has 2 heterocycles. The number of thiazole rings is 1. The van der Waals surface area contributed by atoms with Gasteiger partial charge < -0.3 is 4.74 Å². The Kier molecular flexibility index (Phi) is 5.34. The van der Waals surface area contributed by atoms with Crippen molar-refractivity contribution in [2.24, 2.45) is 0 Å². The molecule has 0 amide bonds. The Balaban J connectivity index is 1.56. The SMILES string of the molecule is O=c1/c(=C/c2cc(Br)ccc2OCc2ccc(I)cc2)sc2nc3ccccc3n12. The zero-order valence-electron chi connectivity index (χ0n) is 15.5. The molecule has 0 unspecified atom stereocenters. The summed E-state index contributed by atoms with van der Waals surface area (Å²) in [6.45, 7) is 0.460. The number of para-hydroxylation sites is 2. The lowest BCUT2D eigenvalue weighted by molar-refractivity contribution is 0.305. The second kappa shape index (κ2) is 8.13. The van der Waals surface area contributed by atoms with Crippen LogP contribution in [0.2, 0.25) is 0 Å². The minimum Gasteiger partial charge on any atom is -0.488 e. The fourth-order valence-corrected chi connectivity index (χ4v) is 4.97. The number of nitrogens with zero attached hydrogens (tertiary/aromatic N) is 2. The molecule has 2 aromatic heterocycles. The number of fused-ring (bicyclic) bond motifs is 3. The zero-order valence-corrected chi connectivity index (χ0v) is 20.1. The van der Waals surface area contributed by atoms with E-state index in [2.05, 4.69) is 67.8 Å². The third-order valence-electron chi connectivity index (χ3n) is 4.71. The highest BCUT2D eigenvalue weighted by Gasteiger charge is 2.11. The Labute approximate surface area is 198 Å². The minimum absolute atomic E-state index is 0.0627. The first kappa shape index (κ1) is 19.7. The molecule has 0 saturated carbocycles. The zero-order chi connectivity index (χ0) is 20.7. The van der Waals surface area contributed by atoms with Crippen LogP contribution in [-0.4, -0.2) is 9.38 Å². The summed E-state index contributed by atoms with van der Waals surface area (Å²) in [5.41, 5.74) is 3.54. The monoisotopic (exact) mass is 588 g/mol. The molecule has 5 aromatic rings. The summed E-state index contributed by atoms with van der Waals surface area (Å²) in [7, 11) is 0. The Morgan fingerprint density at radius 2 is 1.90 bits per heavy atom. The van der Waals surface area contributed by atoms with Gasteiger partial charge in [0, 0.05) is 13.6 Å². The van der Waals surface area contributed by atoms with Crippen LogP contribution in [-0.2, 0) is 6.61 Å². The second-order valence-electron chi connectivity index (χ2n) is 6.73. The van der Waals surface area contributed by atoms with E-state index in [4.69, 9.17) is 4.74 Å². The van der Waals surface area contributed by atoms with E-state index < -0.39 is 0 Å². The van der Waals surface area contributed by atoms with Crippen LogP contribution in [0.25, 0.3) is 22.1 Å². The van der Waals surface area contributed by atoms with Crippen LogP contribution in [0.15, 0.2) is 76.0 Å². The molecule has 30 heavy (non-hydrogen) atoms. The summed E-state index contributed by atoms with van der Waals surface area (Å²) in [5, 5.41) is 0. The molecule has 5 rings (SSSR count). The first-order chi connectivity index (χ1) is 14.6. The molecule has 0 bridgehead atoms. The van der Waals surface area contributed by atoms with Gasteiger partial charge >= 0.3 is 0 Å². The van der Waals surface area contributed by atoms with E-state index in [-0.39, 0.29) is 5.56 Å². The molecule has 0 radical (unpaired) electrons. The average molecular weight is 589 g/mol. The van der Waals surface area contributed by atoms with E-state index in [1.54, 1.807) is 4.40 Å². The van der Waals surface area contributed by atoms with E-state index in [0.717, 1.165) is 32.4 Å². The lowest BCUT2D eigenvalue weighted by atomic mass is 10.2. The Morgan fingerprint density at radius 1 is 1.10 bits per heavy atom. The molecule has 0 atom stereocenters. The molecule has 0 aliphatic rings. The van der Waals surface area contributed by atoms with Crippen molar-refractivity contribution in [3.05, 3.63) is 101 Å². The van der Waals surface area contributed by atoms with Gasteiger partial charge in [-0.05, 0) is 76.7 Å². The van der Waals surface area contributed by atoms with Gasteiger partial charge in [-0.25, -0.2) is 9.38 Å². The molecule has 0 aliphatic heterocycles. The molecule has 0 fully saturated rings. The van der Waals surface area contributed by atoms with E-state index in [0.29, 0.717) is 16.1 Å². The number of aromatic nitrogens is 2. The van der Waals surface area contributed by atoms with Crippen LogP contribution in [0.5, 0.6) is 5.75 Å². The maximum absolute atomic E-state index is 13.1. The summed E-state index contributed by atoms with van der Waals surface area (Å²) in [5.74, 6) is 0.729. The fraction of sp³-hybridized carbons (Fsp3) is 0.0435. The highest BCUT2D eigenvalue weighted by atomic mass is 127. The van der Waals surface area contributed by atoms with Crippen molar-refractivity contribution in [3.63, 3.8) is 0 Å². The van der Waals surface area contributed by atoms with E-state index >= 15 is 0 Å². The molecule has 0 aliphatic carbocycles. The molecule has 0 saturated heterocycles. The van der Waals surface area contributed by atoms with E-state index in [1.807, 2.05) is 48.5 Å². The van der Waals surface area contributed by atoms with Crippen LogP contribution in [0, 0.1) is 3.57 Å². The smallest absolute Gasteiger partial charge is 0.274 e. The van der Waals surface area contributed by atoms with Gasteiger partial charge in [0.2, 0.25) is 0 Å².